The van der Waals surface area contributed by atoms with E-state index in [0.29, 0.717) is 22.8 Å². The van der Waals surface area contributed by atoms with Crippen LogP contribution in [0.2, 0.25) is 0 Å². The zero-order valence-electron chi connectivity index (χ0n) is 10.4. The Hall–Kier alpha value is -1.84. The molecule has 3 nitrogen and oxygen atoms in total. The van der Waals surface area contributed by atoms with Crippen molar-refractivity contribution >= 4 is 22.3 Å². The van der Waals surface area contributed by atoms with Crippen LogP contribution < -0.4 is 10.6 Å². The zero-order valence-corrected chi connectivity index (χ0v) is 10.4. The first-order valence-corrected chi connectivity index (χ1v) is 6.24. The number of fused-ring (bicyclic) bond motifs is 1. The fourth-order valence-corrected chi connectivity index (χ4v) is 2.66. The van der Waals surface area contributed by atoms with Crippen LogP contribution in [0.3, 0.4) is 0 Å². The van der Waals surface area contributed by atoms with E-state index in [9.17, 15) is 4.39 Å². The van der Waals surface area contributed by atoms with Gasteiger partial charge in [0.05, 0.1) is 11.2 Å². The van der Waals surface area contributed by atoms with Crippen molar-refractivity contribution in [1.82, 2.24) is 4.98 Å². The molecule has 2 N–H and O–H groups in total. The van der Waals surface area contributed by atoms with Crippen molar-refractivity contribution in [3.05, 3.63) is 30.2 Å². The van der Waals surface area contributed by atoms with Crippen LogP contribution in [0, 0.1) is 11.7 Å². The molecule has 1 atom stereocenters. The minimum Gasteiger partial charge on any atom is -0.398 e. The van der Waals surface area contributed by atoms with E-state index in [1.54, 1.807) is 6.20 Å². The predicted molar refractivity (Wildman–Crippen MR) is 72.1 cm³/mol. The van der Waals surface area contributed by atoms with Gasteiger partial charge in [0.15, 0.2) is 5.82 Å². The van der Waals surface area contributed by atoms with Gasteiger partial charge in [-0.15, -0.1) is 0 Å². The lowest BCUT2D eigenvalue weighted by Crippen LogP contribution is -2.21. The number of nitrogens with two attached hydrogens (primary N) is 1. The minimum atomic E-state index is -0.271. The molecule has 4 heteroatoms. The summed E-state index contributed by atoms with van der Waals surface area (Å²) in [6.45, 7) is 3.95. The van der Waals surface area contributed by atoms with E-state index in [1.165, 1.54) is 6.07 Å². The molecule has 0 amide bonds. The Balaban J connectivity index is 2.21. The number of nitrogen functional groups attached to an aromatic ring is 1. The molecule has 1 aromatic carbocycles. The highest BCUT2D eigenvalue weighted by Gasteiger charge is 2.24. The third-order valence-corrected chi connectivity index (χ3v) is 3.59. The number of hydrogen-bond acceptors (Lipinski definition) is 3. The summed E-state index contributed by atoms with van der Waals surface area (Å²) in [5, 5.41) is 0.827. The second-order valence-corrected chi connectivity index (χ2v) is 5.04. The number of hydrogen-bond donors (Lipinski definition) is 1. The molecular weight excluding hydrogens is 229 g/mol. The molecule has 0 saturated carbocycles. The third kappa shape index (κ3) is 1.68. The van der Waals surface area contributed by atoms with Gasteiger partial charge in [0.25, 0.3) is 0 Å². The van der Waals surface area contributed by atoms with Crippen molar-refractivity contribution in [1.29, 1.82) is 0 Å². The van der Waals surface area contributed by atoms with Crippen LogP contribution in [-0.4, -0.2) is 18.1 Å². The fraction of sp³-hybridized carbons (Fsp3) is 0.357. The standard InChI is InChI=1S/C14H16FN3/c1-9-4-6-18(8-9)14-11(15)7-12(16)10-3-2-5-17-13(10)14/h2-3,5,7,9H,4,6,8,16H2,1H3. The maximum Gasteiger partial charge on any atom is 0.150 e. The SMILES string of the molecule is CC1CCN(c2c(F)cc(N)c3cccnc23)C1. The van der Waals surface area contributed by atoms with E-state index < -0.39 is 0 Å². The Morgan fingerprint density at radius 2 is 2.33 bits per heavy atom. The Morgan fingerprint density at radius 3 is 3.06 bits per heavy atom. The number of pyridine rings is 1. The Bertz CT molecular complexity index is 597. The lowest BCUT2D eigenvalue weighted by Gasteiger charge is -2.21. The van der Waals surface area contributed by atoms with Crippen LogP contribution in [-0.2, 0) is 0 Å². The van der Waals surface area contributed by atoms with Crippen LogP contribution in [0.1, 0.15) is 13.3 Å². The normalized spacial score (nSPS) is 19.7. The number of benzene rings is 1. The highest BCUT2D eigenvalue weighted by molar-refractivity contribution is 5.98. The predicted octanol–water partition coefficient (Wildman–Crippen LogP) is 2.80. The van der Waals surface area contributed by atoms with Crippen molar-refractivity contribution in [3.63, 3.8) is 0 Å². The Kier molecular flexibility index (Phi) is 2.58. The monoisotopic (exact) mass is 245 g/mol. The molecule has 0 bridgehead atoms. The lowest BCUT2D eigenvalue weighted by atomic mass is 10.1. The molecule has 1 fully saturated rings. The molecule has 1 aliphatic rings. The van der Waals surface area contributed by atoms with Gasteiger partial charge in [-0.1, -0.05) is 6.92 Å². The van der Waals surface area contributed by atoms with E-state index >= 15 is 0 Å². The van der Waals surface area contributed by atoms with Crippen molar-refractivity contribution in [2.45, 2.75) is 13.3 Å². The molecule has 1 aromatic heterocycles. The molecule has 0 spiro atoms. The highest BCUT2D eigenvalue weighted by Crippen LogP contribution is 2.34. The second-order valence-electron chi connectivity index (χ2n) is 5.04. The van der Waals surface area contributed by atoms with Crippen molar-refractivity contribution in [2.24, 2.45) is 5.92 Å². The molecule has 18 heavy (non-hydrogen) atoms. The fourth-order valence-electron chi connectivity index (χ4n) is 2.66. The van der Waals surface area contributed by atoms with Crippen LogP contribution >= 0.6 is 0 Å². The van der Waals surface area contributed by atoms with Gasteiger partial charge in [-0.05, 0) is 30.5 Å². The smallest absolute Gasteiger partial charge is 0.150 e. The third-order valence-electron chi connectivity index (χ3n) is 3.59. The molecule has 1 aliphatic heterocycles. The number of nitrogens with zero attached hydrogens (tertiary/aromatic N) is 2. The van der Waals surface area contributed by atoms with Gasteiger partial charge in [-0.25, -0.2) is 4.39 Å². The van der Waals surface area contributed by atoms with E-state index in [0.717, 1.165) is 24.9 Å². The molecule has 94 valence electrons. The highest BCUT2D eigenvalue weighted by atomic mass is 19.1. The largest absolute Gasteiger partial charge is 0.398 e. The van der Waals surface area contributed by atoms with E-state index in [4.69, 9.17) is 5.73 Å². The van der Waals surface area contributed by atoms with Crippen LogP contribution in [0.4, 0.5) is 15.8 Å². The first kappa shape index (κ1) is 11.3. The molecule has 1 saturated heterocycles. The van der Waals surface area contributed by atoms with Gasteiger partial charge in [-0.3, -0.25) is 4.98 Å². The van der Waals surface area contributed by atoms with E-state index in [2.05, 4.69) is 16.8 Å². The van der Waals surface area contributed by atoms with Gasteiger partial charge in [-0.2, -0.15) is 0 Å². The van der Waals surface area contributed by atoms with Gasteiger partial charge in [0.2, 0.25) is 0 Å². The van der Waals surface area contributed by atoms with Crippen LogP contribution in [0.15, 0.2) is 24.4 Å². The summed E-state index contributed by atoms with van der Waals surface area (Å²) in [7, 11) is 0. The van der Waals surface area contributed by atoms with Gasteiger partial charge < -0.3 is 10.6 Å². The van der Waals surface area contributed by atoms with Crippen molar-refractivity contribution in [3.8, 4) is 0 Å². The minimum absolute atomic E-state index is 0.271. The van der Waals surface area contributed by atoms with E-state index in [1.807, 2.05) is 12.1 Å². The number of anilines is 2. The zero-order chi connectivity index (χ0) is 12.7. The van der Waals surface area contributed by atoms with Gasteiger partial charge in [0.1, 0.15) is 0 Å². The molecule has 3 rings (SSSR count). The summed E-state index contributed by atoms with van der Waals surface area (Å²) in [5.74, 6) is 0.327. The topological polar surface area (TPSA) is 42.1 Å². The van der Waals surface area contributed by atoms with Crippen molar-refractivity contribution < 1.29 is 4.39 Å². The summed E-state index contributed by atoms with van der Waals surface area (Å²) >= 11 is 0. The summed E-state index contributed by atoms with van der Waals surface area (Å²) in [5.41, 5.74) is 7.58. The lowest BCUT2D eigenvalue weighted by molar-refractivity contribution is 0.622. The first-order valence-electron chi connectivity index (χ1n) is 6.24. The van der Waals surface area contributed by atoms with Gasteiger partial charge in [0, 0.05) is 30.4 Å². The molecule has 2 aromatic rings. The summed E-state index contributed by atoms with van der Waals surface area (Å²) in [6.07, 6.45) is 2.78. The molecule has 0 aliphatic carbocycles. The molecule has 0 radical (unpaired) electrons. The van der Waals surface area contributed by atoms with Crippen molar-refractivity contribution in [2.75, 3.05) is 23.7 Å². The first-order chi connectivity index (χ1) is 8.66. The summed E-state index contributed by atoms with van der Waals surface area (Å²) < 4.78 is 14.2. The molecular formula is C14H16FN3. The quantitative estimate of drug-likeness (QED) is 0.785. The van der Waals surface area contributed by atoms with Crippen LogP contribution in [0.25, 0.3) is 10.9 Å². The summed E-state index contributed by atoms with van der Waals surface area (Å²) in [6, 6.07) is 5.12. The average molecular weight is 245 g/mol. The number of aromatic nitrogens is 1. The van der Waals surface area contributed by atoms with Crippen LogP contribution in [0.5, 0.6) is 0 Å². The number of rotatable bonds is 1. The second kappa shape index (κ2) is 4.12. The molecule has 1 unspecified atom stereocenters. The maximum atomic E-state index is 14.2. The number of halogens is 1. The Labute approximate surface area is 105 Å². The average Bonchev–Trinajstić information content (AvgIpc) is 2.76. The Morgan fingerprint density at radius 1 is 1.50 bits per heavy atom. The summed E-state index contributed by atoms with van der Waals surface area (Å²) in [4.78, 5) is 6.39. The maximum absolute atomic E-state index is 14.2. The molecule has 2 heterocycles. The van der Waals surface area contributed by atoms with E-state index in [-0.39, 0.29) is 5.82 Å². The van der Waals surface area contributed by atoms with Gasteiger partial charge >= 0.3 is 0 Å².